The van der Waals surface area contributed by atoms with Gasteiger partial charge in [-0.2, -0.15) is 4.31 Å². The summed E-state index contributed by atoms with van der Waals surface area (Å²) in [5.74, 6) is 0.0234. The lowest BCUT2D eigenvalue weighted by molar-refractivity contribution is 0.104. The average molecular weight is 480 g/mol. The van der Waals surface area contributed by atoms with E-state index in [1.54, 1.807) is 18.2 Å². The highest BCUT2D eigenvalue weighted by Crippen LogP contribution is 2.35. The van der Waals surface area contributed by atoms with E-state index in [9.17, 15) is 18.3 Å². The number of benzene rings is 2. The zero-order valence-corrected chi connectivity index (χ0v) is 18.4. The van der Waals surface area contributed by atoms with Gasteiger partial charge in [-0.1, -0.05) is 12.5 Å². The Morgan fingerprint density at radius 2 is 1.79 bits per heavy atom. The Morgan fingerprint density at radius 3 is 2.41 bits per heavy atom. The minimum atomic E-state index is -3.52. The lowest BCUT2D eigenvalue weighted by atomic mass is 10.1. The van der Waals surface area contributed by atoms with E-state index in [0.29, 0.717) is 34.4 Å². The van der Waals surface area contributed by atoms with Crippen molar-refractivity contribution >= 4 is 37.8 Å². The van der Waals surface area contributed by atoms with Gasteiger partial charge in [0.15, 0.2) is 17.3 Å². The number of halogens is 1. The number of ketones is 1. The number of rotatable bonds is 6. The molecule has 0 spiro atoms. The summed E-state index contributed by atoms with van der Waals surface area (Å²) in [4.78, 5) is 12.6. The molecule has 3 rings (SSSR count). The van der Waals surface area contributed by atoms with Crippen LogP contribution in [0.25, 0.3) is 6.08 Å². The molecule has 1 aliphatic rings. The molecule has 1 fully saturated rings. The number of ether oxygens (including phenoxy) is 1. The van der Waals surface area contributed by atoms with Crippen LogP contribution in [0.4, 0.5) is 0 Å². The quantitative estimate of drug-likeness (QED) is 0.494. The number of aromatic hydroxyl groups is 1. The van der Waals surface area contributed by atoms with Crippen molar-refractivity contribution in [1.29, 1.82) is 0 Å². The maximum Gasteiger partial charge on any atom is 0.243 e. The number of hydrogen-bond donors (Lipinski definition) is 1. The van der Waals surface area contributed by atoms with E-state index in [1.807, 2.05) is 0 Å². The highest BCUT2D eigenvalue weighted by molar-refractivity contribution is 9.10. The Morgan fingerprint density at radius 1 is 1.14 bits per heavy atom. The Balaban J connectivity index is 1.75. The molecule has 0 aromatic heterocycles. The van der Waals surface area contributed by atoms with Gasteiger partial charge >= 0.3 is 0 Å². The van der Waals surface area contributed by atoms with Gasteiger partial charge in [-0.25, -0.2) is 8.42 Å². The first-order chi connectivity index (χ1) is 13.8. The highest BCUT2D eigenvalue weighted by atomic mass is 79.9. The third kappa shape index (κ3) is 4.88. The fourth-order valence-corrected chi connectivity index (χ4v) is 5.14. The Hall–Kier alpha value is -2.16. The molecule has 2 aromatic carbocycles. The van der Waals surface area contributed by atoms with Crippen LogP contribution in [0.5, 0.6) is 11.5 Å². The van der Waals surface area contributed by atoms with Gasteiger partial charge in [-0.15, -0.1) is 0 Å². The van der Waals surface area contributed by atoms with E-state index in [4.69, 9.17) is 4.74 Å². The first-order valence-electron chi connectivity index (χ1n) is 9.22. The van der Waals surface area contributed by atoms with Crippen LogP contribution in [0.15, 0.2) is 51.8 Å². The summed E-state index contributed by atoms with van der Waals surface area (Å²) in [5.41, 5.74) is 1.06. The number of piperidine rings is 1. The lowest BCUT2D eigenvalue weighted by Gasteiger charge is -2.25. The number of methoxy groups -OCH3 is 1. The molecule has 0 saturated carbocycles. The van der Waals surface area contributed by atoms with Crippen LogP contribution >= 0.6 is 15.9 Å². The van der Waals surface area contributed by atoms with Gasteiger partial charge in [0, 0.05) is 18.7 Å². The molecular formula is C21H22BrNO5S. The lowest BCUT2D eigenvalue weighted by Crippen LogP contribution is -2.35. The van der Waals surface area contributed by atoms with Gasteiger partial charge in [0.2, 0.25) is 10.0 Å². The molecule has 1 N–H and O–H groups in total. The smallest absolute Gasteiger partial charge is 0.243 e. The van der Waals surface area contributed by atoms with Crippen molar-refractivity contribution in [1.82, 2.24) is 4.31 Å². The third-order valence-electron chi connectivity index (χ3n) is 4.79. The fourth-order valence-electron chi connectivity index (χ4n) is 3.16. The summed E-state index contributed by atoms with van der Waals surface area (Å²) < 4.78 is 32.4. The molecule has 0 unspecified atom stereocenters. The molecule has 29 heavy (non-hydrogen) atoms. The molecule has 154 valence electrons. The second-order valence-corrected chi connectivity index (χ2v) is 9.53. The molecule has 0 radical (unpaired) electrons. The monoisotopic (exact) mass is 479 g/mol. The van der Waals surface area contributed by atoms with E-state index in [1.165, 1.54) is 41.8 Å². The van der Waals surface area contributed by atoms with Crippen molar-refractivity contribution in [2.45, 2.75) is 24.2 Å². The van der Waals surface area contributed by atoms with Gasteiger partial charge in [0.25, 0.3) is 0 Å². The van der Waals surface area contributed by atoms with Crippen LogP contribution in [-0.2, 0) is 10.0 Å². The number of nitrogens with zero attached hydrogens (tertiary/aromatic N) is 1. The number of hydrogen-bond acceptors (Lipinski definition) is 5. The summed E-state index contributed by atoms with van der Waals surface area (Å²) in [6.07, 6.45) is 5.80. The Labute approximate surface area is 179 Å². The van der Waals surface area contributed by atoms with Gasteiger partial charge in [0.05, 0.1) is 16.5 Å². The minimum absolute atomic E-state index is 0.0125. The topological polar surface area (TPSA) is 83.9 Å². The number of phenolic OH excluding ortho intramolecular Hbond substituents is 1. The van der Waals surface area contributed by atoms with Gasteiger partial charge in [-0.3, -0.25) is 4.79 Å². The van der Waals surface area contributed by atoms with E-state index < -0.39 is 10.0 Å². The SMILES string of the molecule is COc1cc(/C=C/C(=O)c2ccc(S(=O)(=O)N3CCCCC3)cc2)cc(Br)c1O. The molecule has 1 aliphatic heterocycles. The molecule has 6 nitrogen and oxygen atoms in total. The second-order valence-electron chi connectivity index (χ2n) is 6.74. The maximum atomic E-state index is 12.7. The fraction of sp³-hybridized carbons (Fsp3) is 0.286. The summed E-state index contributed by atoms with van der Waals surface area (Å²) in [6, 6.07) is 9.28. The summed E-state index contributed by atoms with van der Waals surface area (Å²) >= 11 is 3.24. The zero-order valence-electron chi connectivity index (χ0n) is 16.0. The normalized spacial score (nSPS) is 15.5. The third-order valence-corrected chi connectivity index (χ3v) is 7.31. The molecule has 0 aliphatic carbocycles. The molecule has 0 amide bonds. The maximum absolute atomic E-state index is 12.7. The van der Waals surface area contributed by atoms with E-state index >= 15 is 0 Å². The van der Waals surface area contributed by atoms with Crippen LogP contribution in [0, 0.1) is 0 Å². The number of carbonyl (C=O) groups is 1. The zero-order chi connectivity index (χ0) is 21.0. The van der Waals surface area contributed by atoms with Crippen molar-refractivity contribution in [3.05, 3.63) is 58.1 Å². The number of phenols is 1. The summed E-state index contributed by atoms with van der Waals surface area (Å²) in [6.45, 7) is 1.08. The Bertz CT molecular complexity index is 1030. The average Bonchev–Trinajstić information content (AvgIpc) is 2.75. The first kappa shape index (κ1) is 21.5. The molecule has 0 bridgehead atoms. The van der Waals surface area contributed by atoms with Gasteiger partial charge < -0.3 is 9.84 Å². The van der Waals surface area contributed by atoms with Crippen LogP contribution < -0.4 is 4.74 Å². The number of carbonyl (C=O) groups excluding carboxylic acids is 1. The van der Waals surface area contributed by atoms with Crippen LogP contribution in [0.2, 0.25) is 0 Å². The summed E-state index contributed by atoms with van der Waals surface area (Å²) in [7, 11) is -2.07. The van der Waals surface area contributed by atoms with Crippen molar-refractivity contribution in [2.24, 2.45) is 0 Å². The molecule has 0 atom stereocenters. The highest BCUT2D eigenvalue weighted by Gasteiger charge is 2.25. The van der Waals surface area contributed by atoms with Crippen molar-refractivity contribution in [2.75, 3.05) is 20.2 Å². The first-order valence-corrected chi connectivity index (χ1v) is 11.5. The largest absolute Gasteiger partial charge is 0.503 e. The molecule has 1 heterocycles. The van der Waals surface area contributed by atoms with Gasteiger partial charge in [-0.05, 0) is 76.8 Å². The van der Waals surface area contributed by atoms with Crippen molar-refractivity contribution in [3.63, 3.8) is 0 Å². The van der Waals surface area contributed by atoms with E-state index in [2.05, 4.69) is 15.9 Å². The molecular weight excluding hydrogens is 458 g/mol. The molecule has 1 saturated heterocycles. The predicted molar refractivity (Wildman–Crippen MR) is 115 cm³/mol. The van der Waals surface area contributed by atoms with Crippen LogP contribution in [-0.4, -0.2) is 43.8 Å². The second kappa shape index (κ2) is 9.11. The van der Waals surface area contributed by atoms with Gasteiger partial charge in [0.1, 0.15) is 0 Å². The number of sulfonamides is 1. The predicted octanol–water partition coefficient (Wildman–Crippen LogP) is 4.23. The Kier molecular flexibility index (Phi) is 6.77. The van der Waals surface area contributed by atoms with Crippen LogP contribution in [0.1, 0.15) is 35.2 Å². The molecule has 2 aromatic rings. The van der Waals surface area contributed by atoms with E-state index in [0.717, 1.165) is 19.3 Å². The minimum Gasteiger partial charge on any atom is -0.503 e. The summed E-state index contributed by atoms with van der Waals surface area (Å²) in [5, 5.41) is 9.85. The van der Waals surface area contributed by atoms with E-state index in [-0.39, 0.29) is 16.4 Å². The standard InChI is InChI=1S/C21H22BrNO5S/c1-28-20-14-15(13-18(22)21(20)25)5-10-19(24)16-6-8-17(9-7-16)29(26,27)23-11-3-2-4-12-23/h5-10,13-14,25H,2-4,11-12H2,1H3/b10-5+. The van der Waals surface area contributed by atoms with Crippen molar-refractivity contribution in [3.8, 4) is 11.5 Å². The molecule has 8 heteroatoms. The van der Waals surface area contributed by atoms with Crippen LogP contribution in [0.3, 0.4) is 0 Å². The number of allylic oxidation sites excluding steroid dienone is 1. The van der Waals surface area contributed by atoms with Crippen molar-refractivity contribution < 1.29 is 23.1 Å².